The molecule has 2 heteroatoms. The van der Waals surface area contributed by atoms with Gasteiger partial charge in [0.25, 0.3) is 0 Å². The third-order valence-electron chi connectivity index (χ3n) is 2.21. The molecular formula is C6H11OPr. The van der Waals surface area contributed by atoms with Crippen molar-refractivity contribution in [1.82, 2.24) is 0 Å². The van der Waals surface area contributed by atoms with E-state index in [2.05, 4.69) is 6.92 Å². The van der Waals surface area contributed by atoms with Crippen molar-refractivity contribution >= 4 is 0 Å². The summed E-state index contributed by atoms with van der Waals surface area (Å²) in [6, 6.07) is 0. The van der Waals surface area contributed by atoms with Gasteiger partial charge in [0.05, 0.1) is 0 Å². The van der Waals surface area contributed by atoms with Gasteiger partial charge in [-0.15, -0.1) is 0 Å². The molecule has 1 atom stereocenters. The zero-order chi connectivity index (χ0) is 6.20. The van der Waals surface area contributed by atoms with E-state index < -0.39 is 0 Å². The van der Waals surface area contributed by atoms with E-state index in [4.69, 9.17) is 0 Å². The Bertz CT molecular complexity index is 86.5. The second-order valence-electron chi connectivity index (χ2n) is 2.95. The van der Waals surface area contributed by atoms with Crippen LogP contribution in [0.2, 0.25) is 0 Å². The van der Waals surface area contributed by atoms with E-state index in [9.17, 15) is 5.11 Å². The minimum absolute atomic E-state index is 0.0660. The van der Waals surface area contributed by atoms with Crippen molar-refractivity contribution < 1.29 is 44.3 Å². The van der Waals surface area contributed by atoms with Crippen LogP contribution in [0.5, 0.6) is 0 Å². The fourth-order valence-corrected chi connectivity index (χ4v) is 2.10. The molecule has 1 nitrogen and oxygen atoms in total. The molecule has 0 heterocycles. The van der Waals surface area contributed by atoms with Gasteiger partial charge in [0.15, 0.2) is 0 Å². The van der Waals surface area contributed by atoms with E-state index >= 15 is 0 Å². The van der Waals surface area contributed by atoms with Gasteiger partial charge in [-0.2, -0.15) is 0 Å². The zero-order valence-corrected chi connectivity index (χ0v) is 8.93. The van der Waals surface area contributed by atoms with E-state index in [1.54, 1.807) is 0 Å². The number of hydrogen-bond donors (Lipinski definition) is 1. The van der Waals surface area contributed by atoms with E-state index in [0.717, 1.165) is 39.2 Å². The molecule has 1 unspecified atom stereocenters. The minimum atomic E-state index is 0.0660. The van der Waals surface area contributed by atoms with Crippen LogP contribution in [0.4, 0.5) is 0 Å². The summed E-state index contributed by atoms with van der Waals surface area (Å²) >= 11 is 0.755. The fourth-order valence-electron chi connectivity index (χ4n) is 1.03. The molecule has 1 fully saturated rings. The van der Waals surface area contributed by atoms with Gasteiger partial charge in [-0.25, -0.2) is 0 Å². The molecule has 1 N–H and O–H groups in total. The molecule has 8 heavy (non-hydrogen) atoms. The summed E-state index contributed by atoms with van der Waals surface area (Å²) in [5.74, 6) is 0. The first-order valence-corrected chi connectivity index (χ1v) is 5.23. The molecule has 0 amide bonds. The Kier molecular flexibility index (Phi) is 2.34. The van der Waals surface area contributed by atoms with Crippen LogP contribution in [0, 0.1) is 44.6 Å². The van der Waals surface area contributed by atoms with Crippen LogP contribution in [0.15, 0.2) is 0 Å². The summed E-state index contributed by atoms with van der Waals surface area (Å²) in [7, 11) is 0. The van der Waals surface area contributed by atoms with Gasteiger partial charge in [-0.05, 0) is 0 Å². The van der Waals surface area contributed by atoms with E-state index in [0.29, 0.717) is 5.41 Å². The van der Waals surface area contributed by atoms with Crippen molar-refractivity contribution in [1.29, 1.82) is 0 Å². The van der Waals surface area contributed by atoms with Crippen molar-refractivity contribution in [3.8, 4) is 0 Å². The second-order valence-corrected chi connectivity index (χ2v) is 4.98. The Morgan fingerprint density at radius 2 is 2.12 bits per heavy atom. The summed E-state index contributed by atoms with van der Waals surface area (Å²) in [5.41, 5.74) is 0.352. The van der Waals surface area contributed by atoms with Crippen molar-refractivity contribution in [3.05, 3.63) is 0 Å². The van der Waals surface area contributed by atoms with Crippen molar-refractivity contribution in [2.45, 2.75) is 27.9 Å². The van der Waals surface area contributed by atoms with Gasteiger partial charge in [-0.3, -0.25) is 0 Å². The van der Waals surface area contributed by atoms with Crippen molar-refractivity contribution in [2.24, 2.45) is 5.41 Å². The molecule has 1 aliphatic rings. The quantitative estimate of drug-likeness (QED) is 0.726. The molecule has 0 spiro atoms. The molecule has 0 aromatic carbocycles. The molecular weight excluding hydrogens is 229 g/mol. The van der Waals surface area contributed by atoms with Crippen LogP contribution in [0.25, 0.3) is 0 Å². The maximum atomic E-state index is 9.21. The van der Waals surface area contributed by atoms with E-state index in [-0.39, 0.29) is 1.69 Å². The Morgan fingerprint density at radius 3 is 2.12 bits per heavy atom. The van der Waals surface area contributed by atoms with Crippen molar-refractivity contribution in [2.75, 3.05) is 0 Å². The summed E-state index contributed by atoms with van der Waals surface area (Å²) in [6.07, 6.45) is 3.84. The van der Waals surface area contributed by atoms with Gasteiger partial charge in [-0.1, -0.05) is 0 Å². The molecule has 0 saturated heterocycles. The van der Waals surface area contributed by atoms with E-state index in [1.165, 1.54) is 19.3 Å². The molecule has 0 aliphatic heterocycles. The second kappa shape index (κ2) is 2.51. The molecule has 44 valence electrons. The van der Waals surface area contributed by atoms with Crippen LogP contribution in [-0.2, 0) is 0 Å². The summed E-state index contributed by atoms with van der Waals surface area (Å²) in [6.45, 7) is 2.20. The number of aliphatic hydroxyl groups is 1. The van der Waals surface area contributed by atoms with Gasteiger partial charge < -0.3 is 0 Å². The summed E-state index contributed by atoms with van der Waals surface area (Å²) in [4.78, 5) is 0. The first-order chi connectivity index (χ1) is 3.65. The molecule has 1 saturated carbocycles. The average molecular weight is 240 g/mol. The summed E-state index contributed by atoms with van der Waals surface area (Å²) in [5, 5.41) is 9.21. The Balaban J connectivity index is 2.41. The Labute approximate surface area is 76.8 Å². The Morgan fingerprint density at radius 1 is 1.62 bits per heavy atom. The van der Waals surface area contributed by atoms with Crippen molar-refractivity contribution in [3.63, 3.8) is 0 Å². The molecule has 1 aliphatic carbocycles. The maximum absolute atomic E-state index is 9.21. The zero-order valence-electron chi connectivity index (χ0n) is 5.22. The van der Waals surface area contributed by atoms with Crippen LogP contribution in [-0.4, -0.2) is 6.79 Å². The monoisotopic (exact) mass is 240 g/mol. The molecule has 1 rings (SSSR count). The van der Waals surface area contributed by atoms with Gasteiger partial charge in [0.1, 0.15) is 0 Å². The van der Waals surface area contributed by atoms with Gasteiger partial charge in [0, 0.05) is 0 Å². The van der Waals surface area contributed by atoms with Crippen LogP contribution >= 0.6 is 0 Å². The average Bonchev–Trinajstić information content (AvgIpc) is 1.60. The predicted octanol–water partition coefficient (Wildman–Crippen LogP) is 1.04. The molecule has 0 bridgehead atoms. The Hall–Kier alpha value is 1.32. The summed E-state index contributed by atoms with van der Waals surface area (Å²) < 4.78 is 0.0660. The fraction of sp³-hybridized carbons (Fsp3) is 1.00. The SMILES string of the molecule is CC1([CH](O)[Pr])CCC1. The van der Waals surface area contributed by atoms with E-state index in [1.807, 2.05) is 0 Å². The first-order valence-electron chi connectivity index (χ1n) is 3.09. The molecule has 0 radical (unpaired) electrons. The van der Waals surface area contributed by atoms with Gasteiger partial charge >= 0.3 is 77.6 Å². The third-order valence-corrected chi connectivity index (χ3v) is 4.79. The number of rotatable bonds is 1. The van der Waals surface area contributed by atoms with Crippen LogP contribution in [0.1, 0.15) is 26.2 Å². The first kappa shape index (κ1) is 7.43. The molecule has 0 aromatic rings. The van der Waals surface area contributed by atoms with Crippen LogP contribution in [0.3, 0.4) is 0 Å². The molecule has 0 aromatic heterocycles. The topological polar surface area (TPSA) is 20.2 Å². The number of hydrogen-bond acceptors (Lipinski definition) is 1. The number of aliphatic hydroxyl groups excluding tert-OH is 1. The normalized spacial score (nSPS) is 28.6. The predicted molar refractivity (Wildman–Crippen MR) is 28.0 cm³/mol. The third kappa shape index (κ3) is 1.25. The standard InChI is InChI=1S/C6H11O.Pr/c1-6(5-7)3-2-4-6;/h5,7H,2-4H2,1H3;. The van der Waals surface area contributed by atoms with Gasteiger partial charge in [0.2, 0.25) is 0 Å². The van der Waals surface area contributed by atoms with Crippen LogP contribution < -0.4 is 0 Å².